The first-order valence-electron chi connectivity index (χ1n) is 8.20. The van der Waals surface area contributed by atoms with Crippen LogP contribution >= 0.6 is 22.9 Å². The lowest BCUT2D eigenvalue weighted by Crippen LogP contribution is -2.30. The third kappa shape index (κ3) is 2.99. The molecule has 0 spiro atoms. The van der Waals surface area contributed by atoms with Crippen molar-refractivity contribution in [2.75, 3.05) is 13.1 Å². The molecule has 3 heterocycles. The van der Waals surface area contributed by atoms with Gasteiger partial charge in [0.05, 0.1) is 11.9 Å². The summed E-state index contributed by atoms with van der Waals surface area (Å²) in [5.41, 5.74) is 1.66. The van der Waals surface area contributed by atoms with E-state index >= 15 is 0 Å². The molecule has 0 saturated carbocycles. The maximum Gasteiger partial charge on any atom is 0.260 e. The highest BCUT2D eigenvalue weighted by Crippen LogP contribution is 2.34. The number of rotatable bonds is 3. The van der Waals surface area contributed by atoms with Crippen molar-refractivity contribution in [3.8, 4) is 11.1 Å². The number of hydrogen-bond acceptors (Lipinski definition) is 4. The van der Waals surface area contributed by atoms with Crippen molar-refractivity contribution >= 4 is 33.2 Å². The van der Waals surface area contributed by atoms with E-state index in [9.17, 15) is 4.79 Å². The Labute approximate surface area is 149 Å². The zero-order chi connectivity index (χ0) is 16.5. The second-order valence-corrected chi connectivity index (χ2v) is 7.42. The Kier molecular flexibility index (Phi) is 4.39. The minimum absolute atomic E-state index is 0.0804. The number of benzene rings is 1. The zero-order valence-electron chi connectivity index (χ0n) is 13.2. The number of aromatic nitrogens is 2. The van der Waals surface area contributed by atoms with E-state index in [4.69, 9.17) is 11.6 Å². The molecule has 2 aromatic heterocycles. The van der Waals surface area contributed by atoms with Crippen molar-refractivity contribution in [1.82, 2.24) is 14.9 Å². The molecule has 24 heavy (non-hydrogen) atoms. The van der Waals surface area contributed by atoms with Crippen LogP contribution in [0, 0.1) is 0 Å². The third-order valence-electron chi connectivity index (χ3n) is 4.48. The first kappa shape index (κ1) is 15.8. The highest BCUT2D eigenvalue weighted by atomic mass is 35.5. The van der Waals surface area contributed by atoms with E-state index in [0.29, 0.717) is 17.0 Å². The van der Waals surface area contributed by atoms with E-state index in [1.54, 1.807) is 0 Å². The first-order valence-corrected chi connectivity index (χ1v) is 9.46. The Morgan fingerprint density at radius 1 is 1.17 bits per heavy atom. The van der Waals surface area contributed by atoms with E-state index in [1.807, 2.05) is 29.6 Å². The Balaban J connectivity index is 1.73. The van der Waals surface area contributed by atoms with E-state index < -0.39 is 0 Å². The summed E-state index contributed by atoms with van der Waals surface area (Å²) in [7, 11) is 0. The normalized spacial score (nSPS) is 15.9. The summed E-state index contributed by atoms with van der Waals surface area (Å²) in [6.07, 6.45) is 3.75. The van der Waals surface area contributed by atoms with Gasteiger partial charge in [0, 0.05) is 21.5 Å². The number of aromatic amines is 1. The highest BCUT2D eigenvalue weighted by Gasteiger charge is 2.16. The van der Waals surface area contributed by atoms with Gasteiger partial charge in [-0.25, -0.2) is 4.98 Å². The van der Waals surface area contributed by atoms with Crippen LogP contribution in [0.5, 0.6) is 0 Å². The number of H-pyrrole nitrogens is 1. The fourth-order valence-corrected chi connectivity index (χ4v) is 4.47. The SMILES string of the molecule is O=c1[nH]c(CN2CCCCC2)nc2scc(-c3ccccc3Cl)c12. The molecule has 0 unspecified atom stereocenters. The second kappa shape index (κ2) is 6.67. The van der Waals surface area contributed by atoms with Gasteiger partial charge in [-0.05, 0) is 32.0 Å². The van der Waals surface area contributed by atoms with Gasteiger partial charge >= 0.3 is 0 Å². The number of hydrogen-bond donors (Lipinski definition) is 1. The number of halogens is 1. The molecule has 1 aliphatic heterocycles. The maximum absolute atomic E-state index is 12.7. The number of nitrogens with one attached hydrogen (secondary N) is 1. The van der Waals surface area contributed by atoms with Crippen LogP contribution in [0.1, 0.15) is 25.1 Å². The number of thiophene rings is 1. The van der Waals surface area contributed by atoms with E-state index in [2.05, 4.69) is 14.9 Å². The average Bonchev–Trinajstić information content (AvgIpc) is 3.00. The summed E-state index contributed by atoms with van der Waals surface area (Å²) in [5.74, 6) is 0.752. The summed E-state index contributed by atoms with van der Waals surface area (Å²) in [6, 6.07) is 7.59. The van der Waals surface area contributed by atoms with Crippen molar-refractivity contribution < 1.29 is 0 Å². The Morgan fingerprint density at radius 3 is 2.75 bits per heavy atom. The van der Waals surface area contributed by atoms with Gasteiger partial charge in [0.2, 0.25) is 0 Å². The molecule has 1 saturated heterocycles. The number of nitrogens with zero attached hydrogens (tertiary/aromatic N) is 2. The van der Waals surface area contributed by atoms with Crippen molar-refractivity contribution in [1.29, 1.82) is 0 Å². The quantitative estimate of drug-likeness (QED) is 0.758. The molecule has 4 rings (SSSR count). The second-order valence-electron chi connectivity index (χ2n) is 6.16. The number of likely N-dealkylation sites (tertiary alicyclic amines) is 1. The Hall–Kier alpha value is -1.69. The Bertz CT molecular complexity index is 927. The van der Waals surface area contributed by atoms with Gasteiger partial charge in [-0.15, -0.1) is 11.3 Å². The topological polar surface area (TPSA) is 49.0 Å². The average molecular weight is 360 g/mol. The molecule has 0 atom stereocenters. The van der Waals surface area contributed by atoms with Crippen molar-refractivity contribution in [2.45, 2.75) is 25.8 Å². The smallest absolute Gasteiger partial charge is 0.260 e. The van der Waals surface area contributed by atoms with Crippen molar-refractivity contribution in [3.05, 3.63) is 50.8 Å². The molecule has 0 amide bonds. The monoisotopic (exact) mass is 359 g/mol. The summed E-state index contributed by atoms with van der Waals surface area (Å²) >= 11 is 7.79. The summed E-state index contributed by atoms with van der Waals surface area (Å²) in [6.45, 7) is 2.87. The van der Waals surface area contributed by atoms with Gasteiger partial charge in [0.1, 0.15) is 10.7 Å². The largest absolute Gasteiger partial charge is 0.309 e. The molecule has 6 heteroatoms. The fraction of sp³-hybridized carbons (Fsp3) is 0.333. The van der Waals surface area contributed by atoms with Gasteiger partial charge in [0.15, 0.2) is 0 Å². The van der Waals surface area contributed by atoms with E-state index in [0.717, 1.165) is 34.9 Å². The molecule has 4 nitrogen and oxygen atoms in total. The summed E-state index contributed by atoms with van der Waals surface area (Å²) in [5, 5.41) is 3.25. The molecule has 1 aromatic carbocycles. The molecular formula is C18H18ClN3OS. The molecule has 3 aromatic rings. The van der Waals surface area contributed by atoms with Crippen molar-refractivity contribution in [3.63, 3.8) is 0 Å². The van der Waals surface area contributed by atoms with Crippen LogP contribution < -0.4 is 5.56 Å². The maximum atomic E-state index is 12.7. The van der Waals surface area contributed by atoms with Crippen LogP contribution in [0.2, 0.25) is 5.02 Å². The molecular weight excluding hydrogens is 342 g/mol. The number of piperidine rings is 1. The fourth-order valence-electron chi connectivity index (χ4n) is 3.28. The van der Waals surface area contributed by atoms with Crippen LogP contribution in [-0.2, 0) is 6.54 Å². The standard InChI is InChI=1S/C18H18ClN3OS/c19-14-7-3-2-6-12(14)13-11-24-18-16(13)17(23)20-15(21-18)10-22-8-4-1-5-9-22/h2-3,6-7,11H,1,4-5,8-10H2,(H,20,21,23). The number of fused-ring (bicyclic) bond motifs is 1. The van der Waals surface area contributed by atoms with Gasteiger partial charge in [-0.3, -0.25) is 9.69 Å². The minimum Gasteiger partial charge on any atom is -0.309 e. The predicted molar refractivity (Wildman–Crippen MR) is 99.8 cm³/mol. The van der Waals surface area contributed by atoms with Gasteiger partial charge in [0.25, 0.3) is 5.56 Å². The Morgan fingerprint density at radius 2 is 1.96 bits per heavy atom. The summed E-state index contributed by atoms with van der Waals surface area (Å²) in [4.78, 5) is 23.4. The molecule has 1 aliphatic rings. The van der Waals surface area contributed by atoms with Crippen LogP contribution in [-0.4, -0.2) is 28.0 Å². The lowest BCUT2D eigenvalue weighted by Gasteiger charge is -2.25. The molecule has 124 valence electrons. The first-order chi connectivity index (χ1) is 11.7. The lowest BCUT2D eigenvalue weighted by atomic mass is 10.1. The minimum atomic E-state index is -0.0804. The lowest BCUT2D eigenvalue weighted by molar-refractivity contribution is 0.216. The molecule has 0 aliphatic carbocycles. The highest BCUT2D eigenvalue weighted by molar-refractivity contribution is 7.17. The third-order valence-corrected chi connectivity index (χ3v) is 5.68. The van der Waals surface area contributed by atoms with Crippen LogP contribution in [0.4, 0.5) is 0 Å². The molecule has 1 N–H and O–H groups in total. The van der Waals surface area contributed by atoms with Crippen LogP contribution in [0.15, 0.2) is 34.4 Å². The van der Waals surface area contributed by atoms with Gasteiger partial charge in [-0.1, -0.05) is 36.2 Å². The van der Waals surface area contributed by atoms with E-state index in [1.165, 1.54) is 30.6 Å². The molecule has 0 bridgehead atoms. The van der Waals surface area contributed by atoms with Crippen LogP contribution in [0.25, 0.3) is 21.3 Å². The molecule has 1 fully saturated rings. The van der Waals surface area contributed by atoms with E-state index in [-0.39, 0.29) is 5.56 Å². The summed E-state index contributed by atoms with van der Waals surface area (Å²) < 4.78 is 0. The molecule has 0 radical (unpaired) electrons. The van der Waals surface area contributed by atoms with Gasteiger partial charge in [-0.2, -0.15) is 0 Å². The van der Waals surface area contributed by atoms with Crippen LogP contribution in [0.3, 0.4) is 0 Å². The predicted octanol–water partition coefficient (Wildman–Crippen LogP) is 4.29. The van der Waals surface area contributed by atoms with Crippen molar-refractivity contribution in [2.24, 2.45) is 0 Å². The zero-order valence-corrected chi connectivity index (χ0v) is 14.8. The van der Waals surface area contributed by atoms with Gasteiger partial charge < -0.3 is 4.98 Å².